The Bertz CT molecular complexity index is 845. The topological polar surface area (TPSA) is 84.2 Å². The van der Waals surface area contributed by atoms with Crippen LogP contribution in [0.25, 0.3) is 11.4 Å². The van der Waals surface area contributed by atoms with Crippen LogP contribution < -0.4 is 0 Å². The molecule has 0 N–H and O–H groups in total. The molecule has 1 fully saturated rings. The molecule has 9 heteroatoms. The number of hydrogen-bond donors (Lipinski definition) is 0. The fourth-order valence-corrected chi connectivity index (χ4v) is 4.08. The predicted molar refractivity (Wildman–Crippen MR) is 90.5 cm³/mol. The zero-order valence-corrected chi connectivity index (χ0v) is 15.2. The Morgan fingerprint density at radius 1 is 1.29 bits per heavy atom. The van der Waals surface area contributed by atoms with E-state index in [1.54, 1.807) is 25.0 Å². The van der Waals surface area contributed by atoms with E-state index in [0.29, 0.717) is 18.9 Å². The maximum Gasteiger partial charge on any atom is 0.281 e. The van der Waals surface area contributed by atoms with Crippen molar-refractivity contribution in [1.29, 1.82) is 0 Å². The Morgan fingerprint density at radius 2 is 2.04 bits per heavy atom. The van der Waals surface area contributed by atoms with Crippen molar-refractivity contribution in [1.82, 2.24) is 28.4 Å². The second-order valence-corrected chi connectivity index (χ2v) is 8.37. The molecule has 1 saturated heterocycles. The van der Waals surface area contributed by atoms with E-state index in [1.807, 2.05) is 26.1 Å². The zero-order chi connectivity index (χ0) is 17.5. The van der Waals surface area contributed by atoms with Crippen molar-refractivity contribution in [3.8, 4) is 11.4 Å². The third-order valence-electron chi connectivity index (χ3n) is 4.26. The molecule has 0 amide bonds. The van der Waals surface area contributed by atoms with Crippen molar-refractivity contribution < 1.29 is 8.42 Å². The van der Waals surface area contributed by atoms with E-state index >= 15 is 0 Å². The van der Waals surface area contributed by atoms with Crippen molar-refractivity contribution in [2.75, 3.05) is 27.2 Å². The van der Waals surface area contributed by atoms with E-state index in [-0.39, 0.29) is 5.92 Å². The quantitative estimate of drug-likeness (QED) is 0.814. The van der Waals surface area contributed by atoms with Crippen LogP contribution in [0.3, 0.4) is 0 Å². The summed E-state index contributed by atoms with van der Waals surface area (Å²) in [7, 11) is 1.57. The highest BCUT2D eigenvalue weighted by atomic mass is 32.2. The van der Waals surface area contributed by atoms with E-state index in [2.05, 4.69) is 15.1 Å². The molecule has 0 spiro atoms. The summed E-state index contributed by atoms with van der Waals surface area (Å²) in [6.45, 7) is 2.83. The van der Waals surface area contributed by atoms with Crippen molar-refractivity contribution in [2.24, 2.45) is 7.05 Å². The third kappa shape index (κ3) is 3.06. The minimum atomic E-state index is -3.39. The van der Waals surface area contributed by atoms with Gasteiger partial charge in [0, 0.05) is 52.0 Å². The lowest BCUT2D eigenvalue weighted by atomic mass is 10.1. The maximum atomic E-state index is 12.3. The first-order valence-corrected chi connectivity index (χ1v) is 9.20. The van der Waals surface area contributed by atoms with Gasteiger partial charge in [0.05, 0.1) is 11.4 Å². The monoisotopic (exact) mass is 350 g/mol. The average molecular weight is 350 g/mol. The molecule has 0 aromatic carbocycles. The molecule has 1 aliphatic rings. The summed E-state index contributed by atoms with van der Waals surface area (Å²) in [6, 6.07) is 3.83. The Balaban J connectivity index is 1.89. The van der Waals surface area contributed by atoms with Crippen LogP contribution in [0.5, 0.6) is 0 Å². The highest BCUT2D eigenvalue weighted by molar-refractivity contribution is 7.86. The molecule has 8 nitrogen and oxygen atoms in total. The molecule has 24 heavy (non-hydrogen) atoms. The molecule has 1 atom stereocenters. The van der Waals surface area contributed by atoms with Gasteiger partial charge < -0.3 is 0 Å². The molecule has 3 heterocycles. The van der Waals surface area contributed by atoms with Crippen molar-refractivity contribution in [3.63, 3.8) is 0 Å². The van der Waals surface area contributed by atoms with Gasteiger partial charge in [-0.25, -0.2) is 9.97 Å². The smallest absolute Gasteiger partial charge is 0.266 e. The normalized spacial score (nSPS) is 19.3. The molecular formula is C15H22N6O2S. The molecule has 2 aromatic heterocycles. The first-order chi connectivity index (χ1) is 11.3. The van der Waals surface area contributed by atoms with Crippen LogP contribution in [0.1, 0.15) is 23.9 Å². The molecule has 1 aliphatic heterocycles. The second-order valence-electron chi connectivity index (χ2n) is 6.23. The van der Waals surface area contributed by atoms with Gasteiger partial charge in [-0.3, -0.25) is 4.68 Å². The highest BCUT2D eigenvalue weighted by Gasteiger charge is 2.34. The molecular weight excluding hydrogens is 328 g/mol. The number of hydrogen-bond acceptors (Lipinski definition) is 5. The minimum Gasteiger partial charge on any atom is -0.266 e. The lowest BCUT2D eigenvalue weighted by Crippen LogP contribution is -2.38. The molecule has 2 aromatic rings. The zero-order valence-electron chi connectivity index (χ0n) is 14.3. The number of rotatable bonds is 4. The number of aromatic nitrogens is 4. The van der Waals surface area contributed by atoms with Crippen LogP contribution in [-0.2, 0) is 17.3 Å². The summed E-state index contributed by atoms with van der Waals surface area (Å²) in [5.41, 5.74) is 2.59. The van der Waals surface area contributed by atoms with Gasteiger partial charge in [0.1, 0.15) is 5.82 Å². The fourth-order valence-electron chi connectivity index (χ4n) is 2.91. The molecule has 130 valence electrons. The van der Waals surface area contributed by atoms with Gasteiger partial charge in [-0.2, -0.15) is 22.1 Å². The fraction of sp³-hybridized carbons (Fsp3) is 0.533. The Hall–Kier alpha value is -1.84. The summed E-state index contributed by atoms with van der Waals surface area (Å²) >= 11 is 0. The summed E-state index contributed by atoms with van der Waals surface area (Å²) in [6.07, 6.45) is 2.45. The Morgan fingerprint density at radius 3 is 2.67 bits per heavy atom. The largest absolute Gasteiger partial charge is 0.281 e. The van der Waals surface area contributed by atoms with E-state index in [0.717, 1.165) is 23.5 Å². The van der Waals surface area contributed by atoms with Crippen molar-refractivity contribution in [3.05, 3.63) is 29.8 Å². The lowest BCUT2D eigenvalue weighted by molar-refractivity contribution is 0.418. The van der Waals surface area contributed by atoms with Crippen molar-refractivity contribution >= 4 is 10.2 Å². The van der Waals surface area contributed by atoms with Crippen LogP contribution in [0.15, 0.2) is 18.3 Å². The molecule has 0 unspecified atom stereocenters. The second kappa shape index (κ2) is 6.23. The first-order valence-electron chi connectivity index (χ1n) is 7.80. The van der Waals surface area contributed by atoms with E-state index in [1.165, 1.54) is 8.61 Å². The minimum absolute atomic E-state index is 0.00611. The Labute approximate surface area is 142 Å². The van der Waals surface area contributed by atoms with Gasteiger partial charge in [0.15, 0.2) is 0 Å². The van der Waals surface area contributed by atoms with Crippen LogP contribution in [-0.4, -0.2) is 64.0 Å². The summed E-state index contributed by atoms with van der Waals surface area (Å²) in [5, 5.41) is 4.18. The predicted octanol–water partition coefficient (Wildman–Crippen LogP) is 0.781. The Kier molecular flexibility index (Phi) is 4.41. The van der Waals surface area contributed by atoms with Gasteiger partial charge >= 0.3 is 0 Å². The summed E-state index contributed by atoms with van der Waals surface area (Å²) in [4.78, 5) is 9.21. The summed E-state index contributed by atoms with van der Waals surface area (Å²) < 4.78 is 29.1. The van der Waals surface area contributed by atoms with E-state index in [9.17, 15) is 8.42 Å². The van der Waals surface area contributed by atoms with Crippen LogP contribution in [0, 0.1) is 6.92 Å². The van der Waals surface area contributed by atoms with E-state index < -0.39 is 10.2 Å². The van der Waals surface area contributed by atoms with Gasteiger partial charge in [0.25, 0.3) is 10.2 Å². The standard InChI is InChI=1S/C15H22N6O2S/c1-11-9-13(14-5-7-16-20(14)4)18-15(17-11)12-6-8-21(10-12)24(22,23)19(2)3/h5,7,9,12H,6,8,10H2,1-4H3/t12-/m0/s1. The van der Waals surface area contributed by atoms with Gasteiger partial charge in [0.2, 0.25) is 0 Å². The van der Waals surface area contributed by atoms with Crippen LogP contribution in [0.2, 0.25) is 0 Å². The first kappa shape index (κ1) is 17.0. The van der Waals surface area contributed by atoms with Gasteiger partial charge in [-0.15, -0.1) is 0 Å². The van der Waals surface area contributed by atoms with Crippen LogP contribution >= 0.6 is 0 Å². The van der Waals surface area contributed by atoms with Crippen LogP contribution in [0.4, 0.5) is 0 Å². The molecule has 0 radical (unpaired) electrons. The third-order valence-corrected chi connectivity index (χ3v) is 6.17. The van der Waals surface area contributed by atoms with Gasteiger partial charge in [-0.05, 0) is 25.5 Å². The SMILES string of the molecule is Cc1cc(-c2ccnn2C)nc([C@H]2CCN(S(=O)(=O)N(C)C)C2)n1. The van der Waals surface area contributed by atoms with E-state index in [4.69, 9.17) is 0 Å². The average Bonchev–Trinajstić information content (AvgIpc) is 3.15. The highest BCUT2D eigenvalue weighted by Crippen LogP contribution is 2.29. The van der Waals surface area contributed by atoms with Crippen molar-refractivity contribution in [2.45, 2.75) is 19.3 Å². The molecule has 0 aliphatic carbocycles. The van der Waals surface area contributed by atoms with Gasteiger partial charge in [-0.1, -0.05) is 0 Å². The molecule has 0 bridgehead atoms. The number of aryl methyl sites for hydroxylation is 2. The molecule has 0 saturated carbocycles. The lowest BCUT2D eigenvalue weighted by Gasteiger charge is -2.20. The maximum absolute atomic E-state index is 12.3. The number of nitrogens with zero attached hydrogens (tertiary/aromatic N) is 6. The summed E-state index contributed by atoms with van der Waals surface area (Å²) in [5.74, 6) is 0.703. The molecule has 3 rings (SSSR count).